The molecule has 0 aromatic rings. The molecule has 0 amide bonds. The number of hydrogen-bond donors (Lipinski definition) is 0. The lowest BCUT2D eigenvalue weighted by Crippen LogP contribution is -1.98. The second kappa shape index (κ2) is 3.83. The van der Waals surface area contributed by atoms with Crippen molar-refractivity contribution in [3.05, 3.63) is 0 Å². The number of alkyl halides is 1. The molecule has 0 radical (unpaired) electrons. The highest BCUT2D eigenvalue weighted by Gasteiger charge is 2.20. The standard InChI is InChI=1S/C7H13FO/c8-4-1-5-9-6-7-2-3-7/h7H,1-6H2. The molecule has 9 heavy (non-hydrogen) atoms. The summed E-state index contributed by atoms with van der Waals surface area (Å²) in [6.45, 7) is 1.22. The molecular weight excluding hydrogens is 119 g/mol. The quantitative estimate of drug-likeness (QED) is 0.518. The second-order valence-electron chi connectivity index (χ2n) is 2.56. The van der Waals surface area contributed by atoms with Gasteiger partial charge in [-0.15, -0.1) is 0 Å². The smallest absolute Gasteiger partial charge is 0.0916 e. The monoisotopic (exact) mass is 132 g/mol. The van der Waals surface area contributed by atoms with Crippen LogP contribution in [0, 0.1) is 5.92 Å². The van der Waals surface area contributed by atoms with Crippen LogP contribution in [0.5, 0.6) is 0 Å². The van der Waals surface area contributed by atoms with Crippen LogP contribution in [0.3, 0.4) is 0 Å². The van der Waals surface area contributed by atoms with E-state index in [0.717, 1.165) is 12.5 Å². The van der Waals surface area contributed by atoms with E-state index < -0.39 is 0 Å². The summed E-state index contributed by atoms with van der Waals surface area (Å²) in [5.41, 5.74) is 0. The van der Waals surface area contributed by atoms with E-state index in [4.69, 9.17) is 4.74 Å². The van der Waals surface area contributed by atoms with Gasteiger partial charge in [-0.25, -0.2) is 0 Å². The van der Waals surface area contributed by atoms with E-state index in [1.165, 1.54) is 12.8 Å². The van der Waals surface area contributed by atoms with E-state index in [9.17, 15) is 4.39 Å². The zero-order valence-electron chi connectivity index (χ0n) is 5.61. The van der Waals surface area contributed by atoms with Crippen LogP contribution in [0.2, 0.25) is 0 Å². The van der Waals surface area contributed by atoms with Gasteiger partial charge < -0.3 is 4.74 Å². The van der Waals surface area contributed by atoms with Crippen molar-refractivity contribution in [3.63, 3.8) is 0 Å². The van der Waals surface area contributed by atoms with E-state index >= 15 is 0 Å². The number of hydrogen-bond acceptors (Lipinski definition) is 1. The van der Waals surface area contributed by atoms with Gasteiger partial charge in [0.25, 0.3) is 0 Å². The van der Waals surface area contributed by atoms with Gasteiger partial charge in [-0.05, 0) is 25.2 Å². The average Bonchev–Trinajstić information content (AvgIpc) is 2.63. The van der Waals surface area contributed by atoms with Crippen LogP contribution < -0.4 is 0 Å². The minimum atomic E-state index is -0.245. The van der Waals surface area contributed by atoms with Crippen molar-refractivity contribution >= 4 is 0 Å². The van der Waals surface area contributed by atoms with E-state index in [-0.39, 0.29) is 6.67 Å². The van der Waals surface area contributed by atoms with Crippen molar-refractivity contribution in [2.24, 2.45) is 5.92 Å². The van der Waals surface area contributed by atoms with Crippen molar-refractivity contribution in [3.8, 4) is 0 Å². The van der Waals surface area contributed by atoms with Crippen LogP contribution in [-0.4, -0.2) is 19.9 Å². The Morgan fingerprint density at radius 1 is 1.44 bits per heavy atom. The Morgan fingerprint density at radius 2 is 2.22 bits per heavy atom. The van der Waals surface area contributed by atoms with Crippen LogP contribution in [0.15, 0.2) is 0 Å². The minimum absolute atomic E-state index is 0.245. The SMILES string of the molecule is FCCCOCC1CC1. The third kappa shape index (κ3) is 3.46. The van der Waals surface area contributed by atoms with Crippen LogP contribution in [0.1, 0.15) is 19.3 Å². The normalized spacial score (nSPS) is 18.3. The molecule has 1 fully saturated rings. The lowest BCUT2D eigenvalue weighted by atomic mass is 10.4. The van der Waals surface area contributed by atoms with E-state index in [2.05, 4.69) is 0 Å². The summed E-state index contributed by atoms with van der Waals surface area (Å²) in [5.74, 6) is 0.810. The first-order valence-electron chi connectivity index (χ1n) is 3.57. The number of rotatable bonds is 5. The Bertz CT molecular complexity index is 71.3. The molecule has 0 bridgehead atoms. The summed E-state index contributed by atoms with van der Waals surface area (Å²) in [5, 5.41) is 0. The molecule has 0 aromatic heterocycles. The molecule has 1 aliphatic carbocycles. The lowest BCUT2D eigenvalue weighted by molar-refractivity contribution is 0.117. The van der Waals surface area contributed by atoms with E-state index in [1.54, 1.807) is 0 Å². The molecule has 0 atom stereocenters. The van der Waals surface area contributed by atoms with Gasteiger partial charge >= 0.3 is 0 Å². The van der Waals surface area contributed by atoms with Gasteiger partial charge in [-0.2, -0.15) is 0 Å². The second-order valence-corrected chi connectivity index (χ2v) is 2.56. The zero-order chi connectivity index (χ0) is 6.53. The van der Waals surface area contributed by atoms with Crippen LogP contribution in [0.25, 0.3) is 0 Å². The molecular formula is C7H13FO. The number of halogens is 1. The van der Waals surface area contributed by atoms with Crippen molar-refractivity contribution < 1.29 is 9.13 Å². The topological polar surface area (TPSA) is 9.23 Å². The summed E-state index contributed by atoms with van der Waals surface area (Å²) < 4.78 is 16.6. The first-order valence-corrected chi connectivity index (χ1v) is 3.57. The average molecular weight is 132 g/mol. The third-order valence-electron chi connectivity index (χ3n) is 1.47. The molecule has 1 saturated carbocycles. The largest absolute Gasteiger partial charge is 0.381 e. The first-order chi connectivity index (χ1) is 4.43. The van der Waals surface area contributed by atoms with Gasteiger partial charge in [0, 0.05) is 13.2 Å². The highest BCUT2D eigenvalue weighted by Crippen LogP contribution is 2.28. The Labute approximate surface area is 55.2 Å². The maximum atomic E-state index is 11.5. The van der Waals surface area contributed by atoms with Crippen molar-refractivity contribution in [1.82, 2.24) is 0 Å². The van der Waals surface area contributed by atoms with Gasteiger partial charge in [-0.3, -0.25) is 4.39 Å². The van der Waals surface area contributed by atoms with Crippen molar-refractivity contribution in [2.45, 2.75) is 19.3 Å². The van der Waals surface area contributed by atoms with Crippen molar-refractivity contribution in [1.29, 1.82) is 0 Å². The molecule has 0 unspecified atom stereocenters. The Hall–Kier alpha value is -0.110. The molecule has 1 rings (SSSR count). The van der Waals surface area contributed by atoms with Gasteiger partial charge in [-0.1, -0.05) is 0 Å². The highest BCUT2D eigenvalue weighted by atomic mass is 19.1. The molecule has 0 spiro atoms. The Morgan fingerprint density at radius 3 is 2.78 bits per heavy atom. The third-order valence-corrected chi connectivity index (χ3v) is 1.47. The van der Waals surface area contributed by atoms with Gasteiger partial charge in [0.15, 0.2) is 0 Å². The Balaban J connectivity index is 1.71. The summed E-state index contributed by atoms with van der Waals surface area (Å²) in [4.78, 5) is 0. The minimum Gasteiger partial charge on any atom is -0.381 e. The molecule has 2 heteroatoms. The first kappa shape index (κ1) is 7.00. The molecule has 0 heterocycles. The van der Waals surface area contributed by atoms with Gasteiger partial charge in [0.05, 0.1) is 6.67 Å². The summed E-state index contributed by atoms with van der Waals surface area (Å²) >= 11 is 0. The predicted molar refractivity (Wildman–Crippen MR) is 34.1 cm³/mol. The van der Waals surface area contributed by atoms with Crippen LogP contribution in [0.4, 0.5) is 4.39 Å². The molecule has 0 aliphatic heterocycles. The summed E-state index contributed by atoms with van der Waals surface area (Å²) in [6, 6.07) is 0. The molecule has 0 saturated heterocycles. The Kier molecular flexibility index (Phi) is 2.98. The molecule has 0 aromatic carbocycles. The van der Waals surface area contributed by atoms with Crippen LogP contribution >= 0.6 is 0 Å². The van der Waals surface area contributed by atoms with Gasteiger partial charge in [0.2, 0.25) is 0 Å². The molecule has 54 valence electrons. The summed E-state index contributed by atoms with van der Waals surface area (Å²) in [6.07, 6.45) is 3.19. The molecule has 1 aliphatic rings. The fraction of sp³-hybridized carbons (Fsp3) is 1.00. The maximum absolute atomic E-state index is 11.5. The molecule has 0 N–H and O–H groups in total. The highest BCUT2D eigenvalue weighted by molar-refractivity contribution is 4.71. The van der Waals surface area contributed by atoms with E-state index in [0.29, 0.717) is 13.0 Å². The van der Waals surface area contributed by atoms with Crippen LogP contribution in [-0.2, 0) is 4.74 Å². The fourth-order valence-electron chi connectivity index (χ4n) is 0.691. The molecule has 1 nitrogen and oxygen atoms in total. The lowest BCUT2D eigenvalue weighted by Gasteiger charge is -1.98. The van der Waals surface area contributed by atoms with Gasteiger partial charge in [0.1, 0.15) is 0 Å². The summed E-state index contributed by atoms with van der Waals surface area (Å²) in [7, 11) is 0. The maximum Gasteiger partial charge on any atom is 0.0916 e. The predicted octanol–water partition coefficient (Wildman–Crippen LogP) is 1.77. The zero-order valence-corrected chi connectivity index (χ0v) is 5.61. The number of ether oxygens (including phenoxy) is 1. The fourth-order valence-corrected chi connectivity index (χ4v) is 0.691. The van der Waals surface area contributed by atoms with Crippen molar-refractivity contribution in [2.75, 3.05) is 19.9 Å². The van der Waals surface area contributed by atoms with E-state index in [1.807, 2.05) is 0 Å².